The molecule has 2 nitrogen and oxygen atoms in total. The molecule has 0 saturated carbocycles. The van der Waals surface area contributed by atoms with E-state index in [4.69, 9.17) is 5.11 Å². The van der Waals surface area contributed by atoms with Gasteiger partial charge in [-0.15, -0.1) is 0 Å². The molecule has 0 rings (SSSR count). The van der Waals surface area contributed by atoms with Gasteiger partial charge in [-0.1, -0.05) is 0 Å². The average Bonchev–Trinajstić information content (AvgIpc) is 2.34. The minimum absolute atomic E-state index is 1.69. The average molecular weight is 416 g/mol. The van der Waals surface area contributed by atoms with E-state index in [2.05, 4.69) is 0 Å². The van der Waals surface area contributed by atoms with Crippen molar-refractivity contribution in [2.45, 2.75) is 42.1 Å². The standard InChI is InChI=1S/C8H3F15O2/c9-2(1-24,6(16,17)18)25-8(22,23)5(14,15)3(10,11)4(12,13)7(19,20)21/h24H,1H2. The quantitative estimate of drug-likeness (QED) is 0.656. The van der Waals surface area contributed by atoms with E-state index in [1.165, 1.54) is 0 Å². The third-order valence-electron chi connectivity index (χ3n) is 2.43. The molecule has 0 aromatic carbocycles. The number of aliphatic hydroxyl groups is 1. The van der Waals surface area contributed by atoms with Gasteiger partial charge < -0.3 is 5.11 Å². The maximum absolute atomic E-state index is 12.9. The third-order valence-corrected chi connectivity index (χ3v) is 2.43. The van der Waals surface area contributed by atoms with Crippen molar-refractivity contribution in [1.82, 2.24) is 0 Å². The van der Waals surface area contributed by atoms with Crippen molar-refractivity contribution < 1.29 is 75.7 Å². The predicted molar refractivity (Wildman–Crippen MR) is 43.9 cm³/mol. The molecule has 0 aliphatic rings. The van der Waals surface area contributed by atoms with Crippen LogP contribution in [0.25, 0.3) is 0 Å². The zero-order valence-electron chi connectivity index (χ0n) is 10.7. The fourth-order valence-electron chi connectivity index (χ4n) is 1.00. The highest BCUT2D eigenvalue weighted by Crippen LogP contribution is 2.58. The summed E-state index contributed by atoms with van der Waals surface area (Å²) in [6.45, 7) is -3.25. The number of rotatable bonds is 6. The molecule has 25 heavy (non-hydrogen) atoms. The van der Waals surface area contributed by atoms with Gasteiger partial charge in [0.2, 0.25) is 0 Å². The molecule has 0 radical (unpaired) electrons. The van der Waals surface area contributed by atoms with Crippen molar-refractivity contribution in [3.8, 4) is 0 Å². The van der Waals surface area contributed by atoms with Gasteiger partial charge in [0.15, 0.2) is 0 Å². The van der Waals surface area contributed by atoms with E-state index in [0.717, 1.165) is 0 Å². The molecule has 0 spiro atoms. The highest BCUT2D eigenvalue weighted by atomic mass is 19.4. The Morgan fingerprint density at radius 1 is 0.520 bits per heavy atom. The van der Waals surface area contributed by atoms with Gasteiger partial charge >= 0.3 is 42.1 Å². The van der Waals surface area contributed by atoms with E-state index < -0.39 is 48.7 Å². The number of halogens is 15. The molecule has 1 unspecified atom stereocenters. The molecule has 17 heteroatoms. The molecule has 152 valence electrons. The van der Waals surface area contributed by atoms with E-state index >= 15 is 0 Å². The SMILES string of the molecule is OCC(F)(OC(F)(F)C(F)(F)C(F)(F)C(F)(F)C(F)(F)F)C(F)(F)F. The summed E-state index contributed by atoms with van der Waals surface area (Å²) in [6, 6.07) is 0. The Labute approximate surface area is 126 Å². The summed E-state index contributed by atoms with van der Waals surface area (Å²) in [6.07, 6.45) is -21.9. The molecule has 0 saturated heterocycles. The van der Waals surface area contributed by atoms with Crippen molar-refractivity contribution in [3.63, 3.8) is 0 Å². The molecular weight excluding hydrogens is 413 g/mol. The van der Waals surface area contributed by atoms with Crippen LogP contribution < -0.4 is 0 Å². The van der Waals surface area contributed by atoms with Gasteiger partial charge in [0.1, 0.15) is 6.61 Å². The summed E-state index contributed by atoms with van der Waals surface area (Å²) < 4.78 is 187. The highest BCUT2D eigenvalue weighted by molar-refractivity contribution is 5.04. The maximum atomic E-state index is 12.9. The van der Waals surface area contributed by atoms with Gasteiger partial charge in [0, 0.05) is 0 Å². The Kier molecular flexibility index (Phi) is 5.68. The minimum atomic E-state index is -8.08. The second-order valence-corrected chi connectivity index (χ2v) is 4.22. The van der Waals surface area contributed by atoms with Crippen molar-refractivity contribution in [1.29, 1.82) is 0 Å². The first-order valence-corrected chi connectivity index (χ1v) is 5.16. The first-order valence-electron chi connectivity index (χ1n) is 5.16. The normalized spacial score (nSPS) is 18.2. The summed E-state index contributed by atoms with van der Waals surface area (Å²) in [5.74, 6) is -30.2. The van der Waals surface area contributed by atoms with Crippen LogP contribution in [0.4, 0.5) is 65.9 Å². The van der Waals surface area contributed by atoms with E-state index in [1.54, 1.807) is 4.74 Å². The summed E-state index contributed by atoms with van der Waals surface area (Å²) in [5, 5.41) is 7.93. The van der Waals surface area contributed by atoms with Crippen molar-refractivity contribution >= 4 is 0 Å². The lowest BCUT2D eigenvalue weighted by molar-refractivity contribution is -0.497. The lowest BCUT2D eigenvalue weighted by atomic mass is 10.0. The Morgan fingerprint density at radius 2 is 0.880 bits per heavy atom. The summed E-state index contributed by atoms with van der Waals surface area (Å²) in [4.78, 5) is 0. The number of ether oxygens (including phenoxy) is 1. The molecule has 0 bridgehead atoms. The van der Waals surface area contributed by atoms with E-state index in [9.17, 15) is 65.9 Å². The Morgan fingerprint density at radius 3 is 1.12 bits per heavy atom. The molecule has 0 fully saturated rings. The van der Waals surface area contributed by atoms with E-state index in [0.29, 0.717) is 0 Å². The lowest BCUT2D eigenvalue weighted by Gasteiger charge is -2.39. The molecule has 1 N–H and O–H groups in total. The maximum Gasteiger partial charge on any atom is 0.460 e. The van der Waals surface area contributed by atoms with Crippen molar-refractivity contribution in [2.24, 2.45) is 0 Å². The number of alkyl halides is 15. The molecule has 1 atom stereocenters. The minimum Gasteiger partial charge on any atom is -0.390 e. The van der Waals surface area contributed by atoms with Crippen LogP contribution in [0.3, 0.4) is 0 Å². The smallest absolute Gasteiger partial charge is 0.390 e. The molecule has 0 aromatic rings. The van der Waals surface area contributed by atoms with Gasteiger partial charge in [0.25, 0.3) is 0 Å². The number of aliphatic hydroxyl groups excluding tert-OH is 1. The summed E-state index contributed by atoms with van der Waals surface area (Å²) in [5.41, 5.74) is 0. The predicted octanol–water partition coefficient (Wildman–Crippen LogP) is 4.28. The molecule has 0 amide bonds. The second-order valence-electron chi connectivity index (χ2n) is 4.22. The number of hydrogen-bond donors (Lipinski definition) is 1. The van der Waals surface area contributed by atoms with Crippen molar-refractivity contribution in [3.05, 3.63) is 0 Å². The Bertz CT molecular complexity index is 477. The van der Waals surface area contributed by atoms with Gasteiger partial charge in [-0.05, 0) is 0 Å². The van der Waals surface area contributed by atoms with Crippen LogP contribution in [0, 0.1) is 0 Å². The zero-order valence-corrected chi connectivity index (χ0v) is 10.7. The van der Waals surface area contributed by atoms with Gasteiger partial charge in [-0.2, -0.15) is 65.9 Å². The van der Waals surface area contributed by atoms with Crippen LogP contribution in [0.1, 0.15) is 0 Å². The summed E-state index contributed by atoms with van der Waals surface area (Å²) >= 11 is 0. The first-order chi connectivity index (χ1) is 10.5. The van der Waals surface area contributed by atoms with E-state index in [1.807, 2.05) is 0 Å². The van der Waals surface area contributed by atoms with Gasteiger partial charge in [-0.3, -0.25) is 4.74 Å². The second kappa shape index (κ2) is 5.95. The number of hydrogen-bond acceptors (Lipinski definition) is 2. The third kappa shape index (κ3) is 3.56. The van der Waals surface area contributed by atoms with Crippen LogP contribution >= 0.6 is 0 Å². The van der Waals surface area contributed by atoms with Crippen LogP contribution in [-0.4, -0.2) is 53.8 Å². The molecular formula is C8H3F15O2. The van der Waals surface area contributed by atoms with Crippen LogP contribution in [0.15, 0.2) is 0 Å². The fourth-order valence-corrected chi connectivity index (χ4v) is 1.00. The van der Waals surface area contributed by atoms with Crippen LogP contribution in [0.2, 0.25) is 0 Å². The van der Waals surface area contributed by atoms with Crippen molar-refractivity contribution in [2.75, 3.05) is 6.61 Å². The van der Waals surface area contributed by atoms with Gasteiger partial charge in [0.05, 0.1) is 0 Å². The summed E-state index contributed by atoms with van der Waals surface area (Å²) in [7, 11) is 0. The van der Waals surface area contributed by atoms with Crippen LogP contribution in [0.5, 0.6) is 0 Å². The van der Waals surface area contributed by atoms with Gasteiger partial charge in [-0.25, -0.2) is 0 Å². The first kappa shape index (κ1) is 23.9. The molecule has 0 aliphatic heterocycles. The highest BCUT2D eigenvalue weighted by Gasteiger charge is 2.89. The molecule has 0 aromatic heterocycles. The zero-order chi connectivity index (χ0) is 20.9. The fraction of sp³-hybridized carbons (Fsp3) is 1.00. The Balaban J connectivity index is 6.14. The topological polar surface area (TPSA) is 29.5 Å². The Hall–Kier alpha value is -1.13. The monoisotopic (exact) mass is 416 g/mol. The van der Waals surface area contributed by atoms with Crippen LogP contribution in [-0.2, 0) is 4.74 Å². The molecule has 0 heterocycles. The lowest BCUT2D eigenvalue weighted by Crippen LogP contribution is -2.68. The largest absolute Gasteiger partial charge is 0.460 e. The molecule has 0 aliphatic carbocycles. The van der Waals surface area contributed by atoms with E-state index in [-0.39, 0.29) is 0 Å².